The van der Waals surface area contributed by atoms with Crippen LogP contribution in [0.4, 0.5) is 0 Å². The second-order valence-electron chi connectivity index (χ2n) is 5.98. The maximum Gasteiger partial charge on any atom is 0.263 e. The first-order chi connectivity index (χ1) is 10.6. The minimum absolute atomic E-state index is 0.0220. The number of carbonyl (C=O) groups excluding carboxylic acids is 1. The van der Waals surface area contributed by atoms with Gasteiger partial charge >= 0.3 is 0 Å². The summed E-state index contributed by atoms with van der Waals surface area (Å²) in [5.41, 5.74) is -0.425. The van der Waals surface area contributed by atoms with Crippen molar-refractivity contribution in [3.63, 3.8) is 0 Å². The molecule has 0 spiro atoms. The fourth-order valence-corrected chi connectivity index (χ4v) is 3.11. The van der Waals surface area contributed by atoms with Crippen molar-refractivity contribution in [2.45, 2.75) is 12.1 Å². The second kappa shape index (κ2) is 6.15. The van der Waals surface area contributed by atoms with Gasteiger partial charge in [0.2, 0.25) is 0 Å². The predicted octanol–water partition coefficient (Wildman–Crippen LogP) is -1.80. The molecular formula is C14H21N5O3. The largest absolute Gasteiger partial charge is 0.390 e. The Bertz CT molecular complexity index is 596. The van der Waals surface area contributed by atoms with Gasteiger partial charge in [-0.25, -0.2) is 4.98 Å². The van der Waals surface area contributed by atoms with Gasteiger partial charge in [-0.3, -0.25) is 14.5 Å². The first-order valence-electron chi connectivity index (χ1n) is 7.49. The van der Waals surface area contributed by atoms with Gasteiger partial charge in [0.1, 0.15) is 5.56 Å². The Kier molecular flexibility index (Phi) is 4.23. The molecule has 8 nitrogen and oxygen atoms in total. The molecule has 1 amide bonds. The zero-order valence-electron chi connectivity index (χ0n) is 12.6. The number of nitrogens with one attached hydrogen (secondary N) is 1. The highest BCUT2D eigenvalue weighted by molar-refractivity contribution is 5.93. The number of aliphatic hydroxyl groups excluding tert-OH is 1. The van der Waals surface area contributed by atoms with Gasteiger partial charge in [-0.1, -0.05) is 0 Å². The number of hydrogen-bond acceptors (Lipinski definition) is 6. The SMILES string of the molecule is CN1CCN([C@@H]2CN(C(=O)c3cnc[nH]c3=O)C[C@H]2O)CC1. The maximum atomic E-state index is 12.4. The summed E-state index contributed by atoms with van der Waals surface area (Å²) >= 11 is 0. The van der Waals surface area contributed by atoms with Gasteiger partial charge in [0.25, 0.3) is 11.5 Å². The van der Waals surface area contributed by atoms with E-state index in [-0.39, 0.29) is 24.1 Å². The molecule has 2 atom stereocenters. The predicted molar refractivity (Wildman–Crippen MR) is 79.6 cm³/mol. The summed E-state index contributed by atoms with van der Waals surface area (Å²) in [6.07, 6.45) is 1.95. The van der Waals surface area contributed by atoms with Crippen LogP contribution in [0.3, 0.4) is 0 Å². The molecule has 2 N–H and O–H groups in total. The fraction of sp³-hybridized carbons (Fsp3) is 0.643. The number of aromatic nitrogens is 2. The summed E-state index contributed by atoms with van der Waals surface area (Å²) in [6.45, 7) is 4.38. The van der Waals surface area contributed by atoms with E-state index in [2.05, 4.69) is 26.8 Å². The lowest BCUT2D eigenvalue weighted by Gasteiger charge is -2.37. The van der Waals surface area contributed by atoms with Gasteiger partial charge in [0.05, 0.1) is 18.5 Å². The van der Waals surface area contributed by atoms with E-state index in [0.29, 0.717) is 6.54 Å². The third-order valence-electron chi connectivity index (χ3n) is 4.50. The summed E-state index contributed by atoms with van der Waals surface area (Å²) in [6, 6.07) is -0.0617. The van der Waals surface area contributed by atoms with Gasteiger partial charge < -0.3 is 19.9 Å². The van der Waals surface area contributed by atoms with E-state index < -0.39 is 11.7 Å². The number of aromatic amines is 1. The maximum absolute atomic E-state index is 12.4. The van der Waals surface area contributed by atoms with Crippen LogP contribution in [-0.4, -0.2) is 94.1 Å². The summed E-state index contributed by atoms with van der Waals surface area (Å²) in [5.74, 6) is -0.370. The fourth-order valence-electron chi connectivity index (χ4n) is 3.11. The lowest BCUT2D eigenvalue weighted by molar-refractivity contribution is 0.0512. The van der Waals surface area contributed by atoms with Crippen LogP contribution in [0.1, 0.15) is 10.4 Å². The number of piperazine rings is 1. The summed E-state index contributed by atoms with van der Waals surface area (Å²) in [5, 5.41) is 10.3. The Morgan fingerprint density at radius 3 is 2.73 bits per heavy atom. The summed E-state index contributed by atoms with van der Waals surface area (Å²) in [7, 11) is 2.08. The lowest BCUT2D eigenvalue weighted by Crippen LogP contribution is -2.52. The number of β-amino-alcohol motifs (C(OH)–C–C–N with tert-alkyl or cyclic N) is 1. The van der Waals surface area contributed by atoms with Crippen LogP contribution in [0.5, 0.6) is 0 Å². The van der Waals surface area contributed by atoms with Crippen molar-refractivity contribution in [1.29, 1.82) is 0 Å². The Hall–Kier alpha value is -1.77. The highest BCUT2D eigenvalue weighted by Gasteiger charge is 2.39. The Balaban J connectivity index is 1.69. The van der Waals surface area contributed by atoms with Crippen molar-refractivity contribution in [1.82, 2.24) is 24.7 Å². The van der Waals surface area contributed by atoms with Crippen molar-refractivity contribution in [2.75, 3.05) is 46.3 Å². The average molecular weight is 307 g/mol. The normalized spacial score (nSPS) is 27.3. The Morgan fingerprint density at radius 1 is 1.32 bits per heavy atom. The molecule has 120 valence electrons. The highest BCUT2D eigenvalue weighted by Crippen LogP contribution is 2.19. The zero-order valence-corrected chi connectivity index (χ0v) is 12.6. The molecule has 0 radical (unpaired) electrons. The molecule has 0 unspecified atom stereocenters. The van der Waals surface area contributed by atoms with Crippen LogP contribution in [0.15, 0.2) is 17.3 Å². The van der Waals surface area contributed by atoms with E-state index in [0.717, 1.165) is 26.2 Å². The minimum atomic E-state index is -0.580. The zero-order chi connectivity index (χ0) is 15.7. The molecule has 0 aliphatic carbocycles. The number of H-pyrrole nitrogens is 1. The minimum Gasteiger partial charge on any atom is -0.390 e. The van der Waals surface area contributed by atoms with Crippen LogP contribution in [-0.2, 0) is 0 Å². The molecule has 2 saturated heterocycles. The molecule has 0 aromatic carbocycles. The van der Waals surface area contributed by atoms with E-state index in [9.17, 15) is 14.7 Å². The monoisotopic (exact) mass is 307 g/mol. The van der Waals surface area contributed by atoms with Crippen molar-refractivity contribution in [2.24, 2.45) is 0 Å². The third kappa shape index (κ3) is 2.90. The van der Waals surface area contributed by atoms with Crippen LogP contribution in [0, 0.1) is 0 Å². The molecule has 1 aromatic rings. The van der Waals surface area contributed by atoms with Crippen LogP contribution in [0.2, 0.25) is 0 Å². The number of aliphatic hydroxyl groups is 1. The highest BCUT2D eigenvalue weighted by atomic mass is 16.3. The number of carbonyl (C=O) groups is 1. The second-order valence-corrected chi connectivity index (χ2v) is 5.98. The number of likely N-dealkylation sites (tertiary alicyclic amines) is 1. The molecule has 0 bridgehead atoms. The van der Waals surface area contributed by atoms with Gasteiger partial charge in [0.15, 0.2) is 0 Å². The molecular weight excluding hydrogens is 286 g/mol. The molecule has 22 heavy (non-hydrogen) atoms. The number of hydrogen-bond donors (Lipinski definition) is 2. The first-order valence-corrected chi connectivity index (χ1v) is 7.49. The van der Waals surface area contributed by atoms with Crippen molar-refractivity contribution in [3.8, 4) is 0 Å². The molecule has 3 heterocycles. The van der Waals surface area contributed by atoms with Crippen molar-refractivity contribution >= 4 is 5.91 Å². The average Bonchev–Trinajstić information content (AvgIpc) is 2.90. The number of rotatable bonds is 2. The van der Waals surface area contributed by atoms with Crippen LogP contribution >= 0.6 is 0 Å². The van der Waals surface area contributed by atoms with Crippen LogP contribution in [0.25, 0.3) is 0 Å². The van der Waals surface area contributed by atoms with Gasteiger partial charge in [-0.2, -0.15) is 0 Å². The number of nitrogens with zero attached hydrogens (tertiary/aromatic N) is 4. The van der Waals surface area contributed by atoms with E-state index in [1.165, 1.54) is 12.5 Å². The van der Waals surface area contributed by atoms with E-state index in [4.69, 9.17) is 0 Å². The van der Waals surface area contributed by atoms with E-state index in [1.807, 2.05) is 0 Å². The Morgan fingerprint density at radius 2 is 2.05 bits per heavy atom. The van der Waals surface area contributed by atoms with Gasteiger partial charge in [0, 0.05) is 45.5 Å². The van der Waals surface area contributed by atoms with Crippen molar-refractivity contribution < 1.29 is 9.90 Å². The molecule has 8 heteroatoms. The molecule has 1 aromatic heterocycles. The molecule has 2 aliphatic rings. The Labute approximate surface area is 128 Å². The summed E-state index contributed by atoms with van der Waals surface area (Å²) in [4.78, 5) is 36.3. The summed E-state index contributed by atoms with van der Waals surface area (Å²) < 4.78 is 0. The lowest BCUT2D eigenvalue weighted by atomic mass is 10.1. The van der Waals surface area contributed by atoms with E-state index >= 15 is 0 Å². The van der Waals surface area contributed by atoms with Gasteiger partial charge in [-0.15, -0.1) is 0 Å². The smallest absolute Gasteiger partial charge is 0.263 e. The standard InChI is InChI=1S/C14H21N5O3/c1-17-2-4-18(5-3-17)11-7-19(8-12(11)20)14(22)10-6-15-9-16-13(10)21/h6,9,11-12,20H,2-5,7-8H2,1H3,(H,15,16,21)/t11-,12-/m1/s1. The molecule has 2 aliphatic heterocycles. The number of likely N-dealkylation sites (N-methyl/N-ethyl adjacent to an activating group) is 1. The number of amides is 1. The van der Waals surface area contributed by atoms with Crippen LogP contribution < -0.4 is 5.56 Å². The topological polar surface area (TPSA) is 92.8 Å². The van der Waals surface area contributed by atoms with E-state index in [1.54, 1.807) is 4.90 Å². The quantitative estimate of drug-likeness (QED) is 0.670. The molecule has 3 rings (SSSR count). The molecule has 2 fully saturated rings. The van der Waals surface area contributed by atoms with Crippen molar-refractivity contribution in [3.05, 3.63) is 28.4 Å². The third-order valence-corrected chi connectivity index (χ3v) is 4.50. The van der Waals surface area contributed by atoms with Gasteiger partial charge in [-0.05, 0) is 7.05 Å². The molecule has 0 saturated carbocycles. The first kappa shape index (κ1) is 15.1.